The van der Waals surface area contributed by atoms with E-state index in [9.17, 15) is 9.59 Å². The fraction of sp³-hybridized carbons (Fsp3) is 0.250. The summed E-state index contributed by atoms with van der Waals surface area (Å²) in [6.07, 6.45) is 0. The Bertz CT molecular complexity index is 977. The normalized spacial score (nSPS) is 11.3. The van der Waals surface area contributed by atoms with Crippen molar-refractivity contribution in [1.29, 1.82) is 0 Å². The second-order valence-electron chi connectivity index (χ2n) is 6.51. The number of amides is 1. The van der Waals surface area contributed by atoms with Crippen molar-refractivity contribution in [1.82, 2.24) is 5.32 Å². The quantitative estimate of drug-likeness (QED) is 0.491. The number of hydrogen-bond donors (Lipinski definition) is 1. The van der Waals surface area contributed by atoms with E-state index < -0.39 is 17.9 Å². The molecule has 0 fully saturated rings. The maximum absolute atomic E-state index is 12.7. The number of carbonyl (C=O) groups is 2. The maximum Gasteiger partial charge on any atom is 0.333 e. The van der Waals surface area contributed by atoms with Gasteiger partial charge in [0.05, 0.1) is 6.61 Å². The van der Waals surface area contributed by atoms with E-state index in [1.54, 1.807) is 43.3 Å². The fourth-order valence-corrected chi connectivity index (χ4v) is 3.84. The molecule has 158 valence electrons. The highest BCUT2D eigenvalue weighted by Crippen LogP contribution is 2.34. The molecule has 1 unspecified atom stereocenters. The number of furan rings is 1. The van der Waals surface area contributed by atoms with Crippen molar-refractivity contribution in [2.45, 2.75) is 44.2 Å². The van der Waals surface area contributed by atoms with Gasteiger partial charge in [0.25, 0.3) is 5.91 Å². The average molecular weight is 426 g/mol. The summed E-state index contributed by atoms with van der Waals surface area (Å²) >= 11 is 1.47. The van der Waals surface area contributed by atoms with Crippen molar-refractivity contribution in [3.8, 4) is 0 Å². The van der Waals surface area contributed by atoms with E-state index >= 15 is 0 Å². The number of esters is 1. The van der Waals surface area contributed by atoms with Gasteiger partial charge in [-0.25, -0.2) is 4.79 Å². The number of nitrogens with one attached hydrogen (secondary N) is 1. The zero-order chi connectivity index (χ0) is 20.8. The number of rotatable bonds is 7. The topological polar surface area (TPSA) is 68.5 Å². The summed E-state index contributed by atoms with van der Waals surface area (Å²) < 4.78 is 10.9. The van der Waals surface area contributed by atoms with E-state index in [-0.39, 0.29) is 19.8 Å². The van der Waals surface area contributed by atoms with Crippen molar-refractivity contribution < 1.29 is 18.7 Å². The Morgan fingerprint density at radius 3 is 2.30 bits per heavy atom. The third-order valence-corrected chi connectivity index (χ3v) is 5.62. The first kappa shape index (κ1) is 23.3. The Hall–Kier alpha value is -2.99. The number of carbonyl (C=O) groups excluding carboxylic acids is 2. The van der Waals surface area contributed by atoms with Gasteiger partial charge in [-0.2, -0.15) is 0 Å². The number of benzene rings is 2. The molecule has 0 spiro atoms. The summed E-state index contributed by atoms with van der Waals surface area (Å²) in [4.78, 5) is 26.2. The maximum atomic E-state index is 12.7. The Labute approximate surface area is 181 Å². The lowest BCUT2D eigenvalue weighted by atomic mass is 10.1. The second-order valence-corrected chi connectivity index (χ2v) is 7.53. The van der Waals surface area contributed by atoms with Crippen molar-refractivity contribution in [2.75, 3.05) is 6.61 Å². The number of hydrogen-bond acceptors (Lipinski definition) is 5. The largest absolute Gasteiger partial charge is 0.464 e. The van der Waals surface area contributed by atoms with Crippen molar-refractivity contribution in [3.05, 3.63) is 83.1 Å². The van der Waals surface area contributed by atoms with Crippen molar-refractivity contribution >= 4 is 23.6 Å². The molecule has 0 radical (unpaired) electrons. The summed E-state index contributed by atoms with van der Waals surface area (Å²) in [5.41, 5.74) is 2.93. The monoisotopic (exact) mass is 425 g/mol. The van der Waals surface area contributed by atoms with Crippen LogP contribution in [0, 0.1) is 13.8 Å². The molecule has 1 heterocycles. The minimum atomic E-state index is -0.900. The van der Waals surface area contributed by atoms with Crippen LogP contribution in [0.4, 0.5) is 0 Å². The van der Waals surface area contributed by atoms with E-state index in [0.29, 0.717) is 10.7 Å². The Morgan fingerprint density at radius 1 is 1.00 bits per heavy atom. The van der Waals surface area contributed by atoms with Crippen LogP contribution < -0.4 is 5.32 Å². The Balaban J connectivity index is 0.00000320. The smallest absolute Gasteiger partial charge is 0.333 e. The molecule has 1 N–H and O–H groups in total. The lowest BCUT2D eigenvalue weighted by Gasteiger charge is -2.17. The Morgan fingerprint density at radius 2 is 1.67 bits per heavy atom. The van der Waals surface area contributed by atoms with Crippen LogP contribution in [0.25, 0.3) is 0 Å². The zero-order valence-electron chi connectivity index (χ0n) is 16.6. The average Bonchev–Trinajstić information content (AvgIpc) is 3.18. The first-order chi connectivity index (χ1) is 14.0. The highest BCUT2D eigenvalue weighted by Gasteiger charge is 2.26. The molecule has 2 aromatic carbocycles. The predicted molar refractivity (Wildman–Crippen MR) is 119 cm³/mol. The van der Waals surface area contributed by atoms with E-state index in [1.165, 1.54) is 11.8 Å². The summed E-state index contributed by atoms with van der Waals surface area (Å²) in [7, 11) is 0. The van der Waals surface area contributed by atoms with Crippen LogP contribution in [0.3, 0.4) is 0 Å². The number of ether oxygens (including phenoxy) is 1. The third-order valence-electron chi connectivity index (χ3n) is 4.35. The number of aryl methyl sites for hydroxylation is 2. The van der Waals surface area contributed by atoms with Gasteiger partial charge in [-0.1, -0.05) is 67.7 Å². The Kier molecular flexibility index (Phi) is 8.30. The van der Waals surface area contributed by atoms with Gasteiger partial charge >= 0.3 is 5.97 Å². The third kappa shape index (κ3) is 5.54. The summed E-state index contributed by atoms with van der Waals surface area (Å²) in [6.45, 7) is 6.03. The highest BCUT2D eigenvalue weighted by molar-refractivity contribution is 7.99. The first-order valence-corrected chi connectivity index (χ1v) is 10.2. The van der Waals surface area contributed by atoms with Gasteiger partial charge in [-0.3, -0.25) is 4.79 Å². The standard InChI is InChI=1S/C23H23NO4S.CH4/c1-4-27-23(26)20(17-11-6-5-7-12-17)24-22(25)18-13-14-19(28-18)29-21-15(2)9-8-10-16(21)3;/h5-14,20H,4H2,1-3H3,(H,24,25);1H4. The molecule has 3 aromatic rings. The molecule has 0 aliphatic carbocycles. The molecule has 5 nitrogen and oxygen atoms in total. The molecule has 30 heavy (non-hydrogen) atoms. The molecular formula is C24H27NO4S. The molecule has 3 rings (SSSR count). The molecule has 1 aromatic heterocycles. The van der Waals surface area contributed by atoms with Gasteiger partial charge in [0, 0.05) is 4.90 Å². The van der Waals surface area contributed by atoms with Gasteiger partial charge in [0.1, 0.15) is 0 Å². The summed E-state index contributed by atoms with van der Waals surface area (Å²) in [5.74, 6) is -0.840. The van der Waals surface area contributed by atoms with E-state index in [0.717, 1.165) is 16.0 Å². The first-order valence-electron chi connectivity index (χ1n) is 9.36. The van der Waals surface area contributed by atoms with Gasteiger partial charge in [0.2, 0.25) is 0 Å². The lowest BCUT2D eigenvalue weighted by molar-refractivity contribution is -0.145. The van der Waals surface area contributed by atoms with E-state index in [1.807, 2.05) is 38.1 Å². The van der Waals surface area contributed by atoms with Crippen LogP contribution >= 0.6 is 11.8 Å². The van der Waals surface area contributed by atoms with Gasteiger partial charge in [-0.05, 0) is 49.6 Å². The summed E-state index contributed by atoms with van der Waals surface area (Å²) in [5, 5.41) is 3.33. The highest BCUT2D eigenvalue weighted by atomic mass is 32.2. The van der Waals surface area contributed by atoms with Crippen LogP contribution in [0.5, 0.6) is 0 Å². The molecule has 0 aliphatic heterocycles. The molecular weight excluding hydrogens is 398 g/mol. The van der Waals surface area contributed by atoms with Gasteiger partial charge in [-0.15, -0.1) is 0 Å². The van der Waals surface area contributed by atoms with Crippen molar-refractivity contribution in [2.24, 2.45) is 0 Å². The van der Waals surface area contributed by atoms with E-state index in [4.69, 9.17) is 9.15 Å². The van der Waals surface area contributed by atoms with Crippen LogP contribution in [0.15, 0.2) is 75.1 Å². The molecule has 6 heteroatoms. The molecule has 0 saturated carbocycles. The molecule has 0 bridgehead atoms. The van der Waals surface area contributed by atoms with Crippen LogP contribution in [-0.4, -0.2) is 18.5 Å². The SMILES string of the molecule is C.CCOC(=O)C(NC(=O)c1ccc(Sc2c(C)cccc2C)o1)c1ccccc1. The van der Waals surface area contributed by atoms with Gasteiger partial charge in [0.15, 0.2) is 16.9 Å². The summed E-state index contributed by atoms with van der Waals surface area (Å²) in [6, 6.07) is 17.5. The molecule has 0 saturated heterocycles. The van der Waals surface area contributed by atoms with Crippen LogP contribution in [-0.2, 0) is 9.53 Å². The zero-order valence-corrected chi connectivity index (χ0v) is 17.4. The van der Waals surface area contributed by atoms with E-state index in [2.05, 4.69) is 5.32 Å². The predicted octanol–water partition coefficient (Wildman–Crippen LogP) is 5.72. The molecule has 1 amide bonds. The van der Waals surface area contributed by atoms with Crippen LogP contribution in [0.1, 0.15) is 47.6 Å². The van der Waals surface area contributed by atoms with Crippen molar-refractivity contribution in [3.63, 3.8) is 0 Å². The minimum Gasteiger partial charge on any atom is -0.464 e. The van der Waals surface area contributed by atoms with Crippen LogP contribution in [0.2, 0.25) is 0 Å². The fourth-order valence-electron chi connectivity index (χ4n) is 2.91. The minimum absolute atomic E-state index is 0. The molecule has 0 aliphatic rings. The lowest BCUT2D eigenvalue weighted by Crippen LogP contribution is -2.34. The molecule has 1 atom stereocenters. The second kappa shape index (κ2) is 10.7. The van der Waals surface area contributed by atoms with Gasteiger partial charge < -0.3 is 14.5 Å².